The van der Waals surface area contributed by atoms with Gasteiger partial charge in [-0.05, 0) is 61.0 Å². The van der Waals surface area contributed by atoms with Crippen LogP contribution in [0.1, 0.15) is 28.7 Å². The van der Waals surface area contributed by atoms with Gasteiger partial charge in [-0.2, -0.15) is 0 Å². The van der Waals surface area contributed by atoms with Crippen molar-refractivity contribution >= 4 is 33.5 Å². The third kappa shape index (κ3) is 4.48. The lowest BCUT2D eigenvalue weighted by Crippen LogP contribution is -2.30. The molecule has 1 atom stereocenters. The lowest BCUT2D eigenvalue weighted by molar-refractivity contribution is -0.123. The summed E-state index contributed by atoms with van der Waals surface area (Å²) in [5, 5.41) is 2.73. The largest absolute Gasteiger partial charge is 0.449 e. The number of anilines is 1. The van der Waals surface area contributed by atoms with Crippen LogP contribution in [0.3, 0.4) is 0 Å². The molecule has 0 aliphatic rings. The second-order valence-corrected chi connectivity index (χ2v) is 7.24. The van der Waals surface area contributed by atoms with Gasteiger partial charge in [0.05, 0.1) is 16.9 Å². The number of aromatic nitrogens is 2. The first-order chi connectivity index (χ1) is 13.3. The van der Waals surface area contributed by atoms with Gasteiger partial charge < -0.3 is 15.0 Å². The van der Waals surface area contributed by atoms with Crippen LogP contribution in [-0.4, -0.2) is 27.9 Å². The number of aromatic amines is 1. The van der Waals surface area contributed by atoms with E-state index in [4.69, 9.17) is 4.74 Å². The highest BCUT2D eigenvalue weighted by Gasteiger charge is 2.20. The molecule has 1 heterocycles. The number of hydrogen-bond donors (Lipinski definition) is 2. The second-order valence-electron chi connectivity index (χ2n) is 6.39. The second kappa shape index (κ2) is 8.39. The number of aryl methyl sites for hydroxylation is 2. The van der Waals surface area contributed by atoms with Gasteiger partial charge in [0.25, 0.3) is 5.91 Å². The number of halogens is 1. The zero-order valence-corrected chi connectivity index (χ0v) is 17.3. The number of hydrogen-bond acceptors (Lipinski definition) is 4. The van der Waals surface area contributed by atoms with E-state index in [-0.39, 0.29) is 0 Å². The molecule has 3 rings (SSSR count). The minimum absolute atomic E-state index is 0.365. The summed E-state index contributed by atoms with van der Waals surface area (Å²) in [5.74, 6) is -0.220. The third-order valence-electron chi connectivity index (χ3n) is 4.31. The van der Waals surface area contributed by atoms with Crippen molar-refractivity contribution in [2.75, 3.05) is 5.32 Å². The number of rotatable bonds is 5. The first-order valence-electron chi connectivity index (χ1n) is 8.75. The molecule has 0 fully saturated rings. The van der Waals surface area contributed by atoms with E-state index < -0.39 is 18.0 Å². The quantitative estimate of drug-likeness (QED) is 0.564. The Morgan fingerprint density at radius 3 is 2.39 bits per heavy atom. The number of nitrogens with zero attached hydrogens (tertiary/aromatic N) is 1. The fourth-order valence-electron chi connectivity index (χ4n) is 2.53. The number of amides is 1. The van der Waals surface area contributed by atoms with Crippen molar-refractivity contribution in [2.24, 2.45) is 0 Å². The Morgan fingerprint density at radius 2 is 1.79 bits per heavy atom. The first-order valence-corrected chi connectivity index (χ1v) is 9.54. The Hall–Kier alpha value is -2.93. The molecule has 2 N–H and O–H groups in total. The van der Waals surface area contributed by atoms with Crippen molar-refractivity contribution < 1.29 is 14.3 Å². The monoisotopic (exact) mass is 441 g/mol. The minimum Gasteiger partial charge on any atom is -0.449 e. The van der Waals surface area contributed by atoms with Crippen molar-refractivity contribution in [2.45, 2.75) is 26.9 Å². The van der Waals surface area contributed by atoms with E-state index >= 15 is 0 Å². The zero-order chi connectivity index (χ0) is 20.3. The van der Waals surface area contributed by atoms with Crippen LogP contribution in [0.15, 0.2) is 53.0 Å². The predicted molar refractivity (Wildman–Crippen MR) is 111 cm³/mol. The maximum atomic E-state index is 12.4. The van der Waals surface area contributed by atoms with E-state index in [9.17, 15) is 9.59 Å². The summed E-state index contributed by atoms with van der Waals surface area (Å²) in [4.78, 5) is 32.3. The Kier molecular flexibility index (Phi) is 5.94. The molecule has 3 aromatic rings. The van der Waals surface area contributed by atoms with E-state index in [1.165, 1.54) is 6.92 Å². The van der Waals surface area contributed by atoms with E-state index in [0.717, 1.165) is 27.2 Å². The Morgan fingerprint density at radius 1 is 1.11 bits per heavy atom. The molecule has 0 aliphatic heterocycles. The molecule has 1 amide bonds. The van der Waals surface area contributed by atoms with Gasteiger partial charge in [-0.1, -0.05) is 24.3 Å². The van der Waals surface area contributed by atoms with Crippen LogP contribution >= 0.6 is 15.9 Å². The zero-order valence-electron chi connectivity index (χ0n) is 15.7. The number of benzene rings is 2. The minimum atomic E-state index is -0.936. The number of para-hydroxylation sites is 1. The topological polar surface area (TPSA) is 84.1 Å². The van der Waals surface area contributed by atoms with Gasteiger partial charge in [0.1, 0.15) is 5.82 Å². The summed E-state index contributed by atoms with van der Waals surface area (Å²) >= 11 is 3.36. The van der Waals surface area contributed by atoms with Crippen molar-refractivity contribution in [3.05, 3.63) is 70.0 Å². The van der Waals surface area contributed by atoms with E-state index in [1.807, 2.05) is 26.0 Å². The van der Waals surface area contributed by atoms with E-state index in [2.05, 4.69) is 31.2 Å². The van der Waals surface area contributed by atoms with Crippen LogP contribution in [-0.2, 0) is 9.53 Å². The summed E-state index contributed by atoms with van der Waals surface area (Å²) in [5.41, 5.74) is 3.78. The molecule has 0 bridgehead atoms. The summed E-state index contributed by atoms with van der Waals surface area (Å²) in [6.45, 7) is 5.42. The van der Waals surface area contributed by atoms with Gasteiger partial charge in [0.2, 0.25) is 0 Å². The molecule has 0 saturated heterocycles. The highest BCUT2D eigenvalue weighted by molar-refractivity contribution is 9.10. The highest BCUT2D eigenvalue weighted by Crippen LogP contribution is 2.22. The number of imidazole rings is 1. The van der Waals surface area contributed by atoms with Crippen LogP contribution < -0.4 is 5.32 Å². The smallest absolute Gasteiger partial charge is 0.338 e. The fraction of sp³-hybridized carbons (Fsp3) is 0.190. The number of carbonyl (C=O) groups excluding carboxylic acids is 2. The molecule has 0 saturated carbocycles. The van der Waals surface area contributed by atoms with Gasteiger partial charge in [-0.25, -0.2) is 9.78 Å². The van der Waals surface area contributed by atoms with E-state index in [1.54, 1.807) is 36.4 Å². The van der Waals surface area contributed by atoms with Crippen LogP contribution in [0, 0.1) is 13.8 Å². The molecule has 0 spiro atoms. The average molecular weight is 442 g/mol. The Labute approximate surface area is 171 Å². The number of esters is 1. The van der Waals surface area contributed by atoms with Gasteiger partial charge >= 0.3 is 5.97 Å². The van der Waals surface area contributed by atoms with Gasteiger partial charge in [0.15, 0.2) is 6.10 Å². The summed E-state index contributed by atoms with van der Waals surface area (Å²) < 4.78 is 6.04. The predicted octanol–water partition coefficient (Wildman–Crippen LogP) is 4.64. The maximum absolute atomic E-state index is 12.4. The SMILES string of the molecule is Cc1nc(-c2ccc(C(=O)OC(C)C(=O)Nc3ccccc3Br)cc2)[nH]c1C. The Balaban J connectivity index is 1.63. The molecule has 0 radical (unpaired) electrons. The number of ether oxygens (including phenoxy) is 1. The van der Waals surface area contributed by atoms with Crippen molar-refractivity contribution in [3.8, 4) is 11.4 Å². The standard InChI is InChI=1S/C21H20BrN3O3/c1-12-13(2)24-19(23-12)15-8-10-16(11-9-15)21(27)28-14(3)20(26)25-18-7-5-4-6-17(18)22/h4-11,14H,1-3H3,(H,23,24)(H,25,26). The first kappa shape index (κ1) is 19.8. The summed E-state index contributed by atoms with van der Waals surface area (Å²) in [6, 6.07) is 14.1. The molecular weight excluding hydrogens is 422 g/mol. The summed E-state index contributed by atoms with van der Waals surface area (Å²) in [7, 11) is 0. The number of carbonyl (C=O) groups is 2. The van der Waals surface area contributed by atoms with Crippen molar-refractivity contribution in [1.82, 2.24) is 9.97 Å². The van der Waals surface area contributed by atoms with Crippen LogP contribution in [0.2, 0.25) is 0 Å². The molecule has 144 valence electrons. The molecule has 2 aromatic carbocycles. The van der Waals surface area contributed by atoms with Crippen molar-refractivity contribution in [1.29, 1.82) is 0 Å². The normalized spacial score (nSPS) is 11.7. The van der Waals surface area contributed by atoms with Crippen LogP contribution in [0.4, 0.5) is 5.69 Å². The average Bonchev–Trinajstić information content (AvgIpc) is 3.02. The van der Waals surface area contributed by atoms with Crippen LogP contribution in [0.5, 0.6) is 0 Å². The molecular formula is C21H20BrN3O3. The Bertz CT molecular complexity index is 992. The molecule has 0 aliphatic carbocycles. The lowest BCUT2D eigenvalue weighted by Gasteiger charge is -2.14. The maximum Gasteiger partial charge on any atom is 0.338 e. The van der Waals surface area contributed by atoms with Crippen molar-refractivity contribution in [3.63, 3.8) is 0 Å². The van der Waals surface area contributed by atoms with Gasteiger partial charge in [-0.3, -0.25) is 4.79 Å². The number of H-pyrrole nitrogens is 1. The summed E-state index contributed by atoms with van der Waals surface area (Å²) in [6.07, 6.45) is -0.936. The van der Waals surface area contributed by atoms with E-state index in [0.29, 0.717) is 11.3 Å². The third-order valence-corrected chi connectivity index (χ3v) is 5.00. The molecule has 1 unspecified atom stereocenters. The fourth-order valence-corrected chi connectivity index (χ4v) is 2.91. The van der Waals surface area contributed by atoms with Gasteiger partial charge in [0, 0.05) is 15.7 Å². The molecule has 6 nitrogen and oxygen atoms in total. The highest BCUT2D eigenvalue weighted by atomic mass is 79.9. The van der Waals surface area contributed by atoms with Crippen LogP contribution in [0.25, 0.3) is 11.4 Å². The number of nitrogens with one attached hydrogen (secondary N) is 2. The molecule has 7 heteroatoms. The lowest BCUT2D eigenvalue weighted by atomic mass is 10.1. The van der Waals surface area contributed by atoms with Gasteiger partial charge in [-0.15, -0.1) is 0 Å². The molecule has 1 aromatic heterocycles. The molecule has 28 heavy (non-hydrogen) atoms.